The van der Waals surface area contributed by atoms with Crippen LogP contribution < -0.4 is 5.32 Å². The highest BCUT2D eigenvalue weighted by Gasteiger charge is 2.55. The predicted molar refractivity (Wildman–Crippen MR) is 95.4 cm³/mol. The molecule has 1 aromatic rings. The largest absolute Gasteiger partial charge is 0.455 e. The number of carbonyl (C=O) groups is 2. The van der Waals surface area contributed by atoms with Crippen molar-refractivity contribution in [3.8, 4) is 0 Å². The Morgan fingerprint density at radius 3 is 2.27 bits per heavy atom. The summed E-state index contributed by atoms with van der Waals surface area (Å²) < 4.78 is 10.6. The number of carbonyl (C=O) groups excluding carboxylic acids is 2. The van der Waals surface area contributed by atoms with Crippen molar-refractivity contribution in [3.63, 3.8) is 0 Å². The third-order valence-electron chi connectivity index (χ3n) is 6.35. The van der Waals surface area contributed by atoms with Crippen LogP contribution in [0.1, 0.15) is 65.0 Å². The molecule has 1 heterocycles. The standard InChI is InChI=1S/C20H28N2O4/c1-19(2,3)15-7-17(26-22-15)21-16(23)11-25-18(24)20-8-12-4-13(9-20)6-14(5-12)10-20/h7,12-14H,4-6,8-11H2,1-3H3,(H,21,23). The monoisotopic (exact) mass is 360 g/mol. The third-order valence-corrected chi connectivity index (χ3v) is 6.35. The van der Waals surface area contributed by atoms with E-state index in [0.717, 1.165) is 25.0 Å². The molecule has 4 saturated carbocycles. The molecule has 1 aromatic heterocycles. The highest BCUT2D eigenvalue weighted by atomic mass is 16.5. The lowest BCUT2D eigenvalue weighted by Gasteiger charge is -2.55. The molecule has 0 saturated heterocycles. The minimum atomic E-state index is -0.389. The first kappa shape index (κ1) is 17.6. The van der Waals surface area contributed by atoms with Crippen LogP contribution in [0.25, 0.3) is 0 Å². The van der Waals surface area contributed by atoms with Gasteiger partial charge in [-0.25, -0.2) is 0 Å². The van der Waals surface area contributed by atoms with E-state index < -0.39 is 0 Å². The Kier molecular flexibility index (Phi) is 4.12. The lowest BCUT2D eigenvalue weighted by Crippen LogP contribution is -2.50. The summed E-state index contributed by atoms with van der Waals surface area (Å²) in [6.07, 6.45) is 6.64. The summed E-state index contributed by atoms with van der Waals surface area (Å²) >= 11 is 0. The van der Waals surface area contributed by atoms with Gasteiger partial charge in [0.1, 0.15) is 0 Å². The van der Waals surface area contributed by atoms with Crippen molar-refractivity contribution in [2.24, 2.45) is 23.2 Å². The summed E-state index contributed by atoms with van der Waals surface area (Å²) in [4.78, 5) is 24.9. The molecule has 4 fully saturated rings. The van der Waals surface area contributed by atoms with Crippen LogP contribution in [-0.4, -0.2) is 23.6 Å². The zero-order valence-corrected chi connectivity index (χ0v) is 15.8. The zero-order chi connectivity index (χ0) is 18.5. The Hall–Kier alpha value is -1.85. The van der Waals surface area contributed by atoms with E-state index in [2.05, 4.69) is 10.5 Å². The van der Waals surface area contributed by atoms with Gasteiger partial charge in [-0.05, 0) is 56.3 Å². The summed E-state index contributed by atoms with van der Waals surface area (Å²) in [6, 6.07) is 1.71. The maximum Gasteiger partial charge on any atom is 0.312 e. The quantitative estimate of drug-likeness (QED) is 0.829. The van der Waals surface area contributed by atoms with Crippen molar-refractivity contribution in [1.29, 1.82) is 0 Å². The first-order valence-electron chi connectivity index (χ1n) is 9.68. The Morgan fingerprint density at radius 1 is 1.19 bits per heavy atom. The number of hydrogen-bond acceptors (Lipinski definition) is 5. The highest BCUT2D eigenvalue weighted by Crippen LogP contribution is 2.60. The van der Waals surface area contributed by atoms with Crippen molar-refractivity contribution in [2.75, 3.05) is 11.9 Å². The fourth-order valence-electron chi connectivity index (χ4n) is 5.51. The molecule has 5 rings (SSSR count). The van der Waals surface area contributed by atoms with Gasteiger partial charge in [0.2, 0.25) is 5.88 Å². The minimum Gasteiger partial charge on any atom is -0.455 e. The van der Waals surface area contributed by atoms with Crippen LogP contribution in [-0.2, 0) is 19.7 Å². The number of esters is 1. The zero-order valence-electron chi connectivity index (χ0n) is 15.8. The number of rotatable bonds is 4. The van der Waals surface area contributed by atoms with Gasteiger partial charge in [0.25, 0.3) is 5.91 Å². The Morgan fingerprint density at radius 2 is 1.77 bits per heavy atom. The SMILES string of the molecule is CC(C)(C)c1cc(NC(=O)COC(=O)C23CC4CC(CC(C4)C2)C3)on1. The molecule has 4 aliphatic rings. The molecule has 1 N–H and O–H groups in total. The van der Waals surface area contributed by atoms with E-state index in [4.69, 9.17) is 9.26 Å². The summed E-state index contributed by atoms with van der Waals surface area (Å²) in [7, 11) is 0. The molecular formula is C20H28N2O4. The smallest absolute Gasteiger partial charge is 0.312 e. The van der Waals surface area contributed by atoms with Crippen LogP contribution in [0.5, 0.6) is 0 Å². The maximum absolute atomic E-state index is 12.8. The number of nitrogens with zero attached hydrogens (tertiary/aromatic N) is 1. The number of amides is 1. The lowest BCUT2D eigenvalue weighted by atomic mass is 9.49. The number of aromatic nitrogens is 1. The second-order valence-corrected chi connectivity index (χ2v) is 9.65. The van der Waals surface area contributed by atoms with Gasteiger partial charge in [-0.15, -0.1) is 0 Å². The van der Waals surface area contributed by atoms with Gasteiger partial charge in [0.15, 0.2) is 6.61 Å². The van der Waals surface area contributed by atoms with E-state index in [9.17, 15) is 9.59 Å². The summed E-state index contributed by atoms with van der Waals surface area (Å²) in [5.41, 5.74) is 0.274. The summed E-state index contributed by atoms with van der Waals surface area (Å²) in [5, 5.41) is 6.58. The van der Waals surface area contributed by atoms with Crippen molar-refractivity contribution in [2.45, 2.75) is 64.7 Å². The van der Waals surface area contributed by atoms with Crippen LogP contribution in [0, 0.1) is 23.2 Å². The molecule has 1 amide bonds. The summed E-state index contributed by atoms with van der Waals surface area (Å²) in [5.74, 6) is 1.73. The molecule has 0 unspecified atom stereocenters. The van der Waals surface area contributed by atoms with E-state index in [0.29, 0.717) is 17.8 Å². The molecule has 6 heteroatoms. The van der Waals surface area contributed by atoms with Crippen molar-refractivity contribution in [1.82, 2.24) is 5.16 Å². The van der Waals surface area contributed by atoms with Crippen LogP contribution in [0.3, 0.4) is 0 Å². The molecule has 0 radical (unpaired) electrons. The van der Waals surface area contributed by atoms with Crippen molar-refractivity contribution in [3.05, 3.63) is 11.8 Å². The van der Waals surface area contributed by atoms with Crippen LogP contribution in [0.15, 0.2) is 10.6 Å². The molecule has 142 valence electrons. The van der Waals surface area contributed by atoms with Gasteiger partial charge in [-0.3, -0.25) is 14.9 Å². The van der Waals surface area contributed by atoms with Crippen LogP contribution >= 0.6 is 0 Å². The molecule has 0 atom stereocenters. The van der Waals surface area contributed by atoms with Gasteiger partial charge >= 0.3 is 5.97 Å². The summed E-state index contributed by atoms with van der Waals surface area (Å²) in [6.45, 7) is 5.78. The third kappa shape index (κ3) is 3.26. The van der Waals surface area contributed by atoms with E-state index in [1.807, 2.05) is 20.8 Å². The first-order chi connectivity index (χ1) is 12.2. The average Bonchev–Trinajstić information content (AvgIpc) is 3.00. The molecular weight excluding hydrogens is 332 g/mol. The van der Waals surface area contributed by atoms with E-state index in [1.54, 1.807) is 6.07 Å². The van der Waals surface area contributed by atoms with Crippen LogP contribution in [0.4, 0.5) is 5.88 Å². The second-order valence-electron chi connectivity index (χ2n) is 9.65. The maximum atomic E-state index is 12.8. The van der Waals surface area contributed by atoms with Gasteiger partial charge in [-0.2, -0.15) is 0 Å². The van der Waals surface area contributed by atoms with Gasteiger partial charge in [0.05, 0.1) is 11.1 Å². The second kappa shape index (κ2) is 6.10. The number of anilines is 1. The minimum absolute atomic E-state index is 0.155. The number of hydrogen-bond donors (Lipinski definition) is 1. The lowest BCUT2D eigenvalue weighted by molar-refractivity contribution is -0.172. The fourth-order valence-corrected chi connectivity index (χ4v) is 5.51. The molecule has 0 spiro atoms. The molecule has 6 nitrogen and oxygen atoms in total. The van der Waals surface area contributed by atoms with Crippen molar-refractivity contribution >= 4 is 17.8 Å². The number of nitrogens with one attached hydrogen (secondary N) is 1. The van der Waals surface area contributed by atoms with E-state index >= 15 is 0 Å². The van der Waals surface area contributed by atoms with Gasteiger partial charge in [0, 0.05) is 11.5 Å². The Labute approximate surface area is 154 Å². The molecule has 0 aromatic carbocycles. The molecule has 26 heavy (non-hydrogen) atoms. The number of ether oxygens (including phenoxy) is 1. The Balaban J connectivity index is 1.32. The fraction of sp³-hybridized carbons (Fsp3) is 0.750. The normalized spacial score (nSPS) is 32.5. The first-order valence-corrected chi connectivity index (χ1v) is 9.68. The Bertz CT molecular complexity index is 680. The van der Waals surface area contributed by atoms with E-state index in [1.165, 1.54) is 19.3 Å². The highest BCUT2D eigenvalue weighted by molar-refractivity contribution is 5.92. The van der Waals surface area contributed by atoms with Crippen molar-refractivity contribution < 1.29 is 18.8 Å². The average molecular weight is 360 g/mol. The molecule has 0 aliphatic heterocycles. The van der Waals surface area contributed by atoms with Gasteiger partial charge < -0.3 is 9.26 Å². The van der Waals surface area contributed by atoms with E-state index in [-0.39, 0.29) is 35.2 Å². The molecule has 4 aliphatic carbocycles. The molecule has 4 bridgehead atoms. The predicted octanol–water partition coefficient (Wildman–Crippen LogP) is 3.67. The topological polar surface area (TPSA) is 81.4 Å². The van der Waals surface area contributed by atoms with Gasteiger partial charge in [-0.1, -0.05) is 25.9 Å². The van der Waals surface area contributed by atoms with Crippen LogP contribution in [0.2, 0.25) is 0 Å².